The minimum absolute atomic E-state index is 0.0376. The van der Waals surface area contributed by atoms with Crippen molar-refractivity contribution in [1.82, 2.24) is 0 Å². The van der Waals surface area contributed by atoms with Crippen molar-refractivity contribution in [2.75, 3.05) is 0 Å². The average Bonchev–Trinajstić information content (AvgIpc) is 2.16. The molecular weight excluding hydrogens is 260 g/mol. The normalized spacial score (nSPS) is 12.2. The molecule has 1 atom stereocenters. The van der Waals surface area contributed by atoms with Gasteiger partial charge in [0.2, 0.25) is 0 Å². The van der Waals surface area contributed by atoms with E-state index in [1.54, 1.807) is 19.9 Å². The number of hydrogen-bond donors (Lipinski definition) is 1. The Morgan fingerprint density at radius 3 is 2.40 bits per heavy atom. The van der Waals surface area contributed by atoms with Gasteiger partial charge < -0.3 is 5.11 Å². The Kier molecular flexibility index (Phi) is 3.63. The lowest BCUT2D eigenvalue weighted by molar-refractivity contribution is 0.0696. The number of halogens is 1. The molecule has 15 heavy (non-hydrogen) atoms. The van der Waals surface area contributed by atoms with Gasteiger partial charge in [0.15, 0.2) is 5.78 Å². The maximum Gasteiger partial charge on any atom is 0.335 e. The van der Waals surface area contributed by atoms with E-state index >= 15 is 0 Å². The van der Waals surface area contributed by atoms with Crippen LogP contribution < -0.4 is 0 Å². The van der Waals surface area contributed by atoms with Gasteiger partial charge in [-0.1, -0.05) is 22.0 Å². The largest absolute Gasteiger partial charge is 0.478 e. The minimum atomic E-state index is -0.982. The van der Waals surface area contributed by atoms with Crippen molar-refractivity contribution >= 4 is 27.7 Å². The molecule has 0 aromatic heterocycles. The van der Waals surface area contributed by atoms with Gasteiger partial charge in [0.25, 0.3) is 0 Å². The molecule has 0 saturated heterocycles. The molecule has 80 valence electrons. The van der Waals surface area contributed by atoms with Crippen molar-refractivity contribution in [3.63, 3.8) is 0 Å². The van der Waals surface area contributed by atoms with E-state index < -0.39 is 5.97 Å². The Morgan fingerprint density at radius 1 is 1.40 bits per heavy atom. The molecule has 0 saturated carbocycles. The number of hydrogen-bond acceptors (Lipinski definition) is 2. The summed E-state index contributed by atoms with van der Waals surface area (Å²) in [6.07, 6.45) is 0. The van der Waals surface area contributed by atoms with Crippen LogP contribution in [-0.4, -0.2) is 21.7 Å². The van der Waals surface area contributed by atoms with Crippen LogP contribution in [0.2, 0.25) is 0 Å². The Bertz CT molecular complexity index is 410. The lowest BCUT2D eigenvalue weighted by Gasteiger charge is -2.07. The fourth-order valence-corrected chi connectivity index (χ4v) is 1.53. The van der Waals surface area contributed by atoms with Crippen molar-refractivity contribution in [1.29, 1.82) is 0 Å². The first-order valence-corrected chi connectivity index (χ1v) is 5.37. The van der Waals surface area contributed by atoms with Crippen molar-refractivity contribution in [2.45, 2.75) is 18.7 Å². The minimum Gasteiger partial charge on any atom is -0.478 e. The van der Waals surface area contributed by atoms with Crippen molar-refractivity contribution in [3.05, 3.63) is 34.9 Å². The second kappa shape index (κ2) is 4.57. The van der Waals surface area contributed by atoms with Gasteiger partial charge in [-0.25, -0.2) is 4.79 Å². The number of rotatable bonds is 3. The third-order valence-corrected chi connectivity index (χ3v) is 2.52. The molecule has 3 nitrogen and oxygen atoms in total. The number of carbonyl (C=O) groups excluding carboxylic acids is 1. The summed E-state index contributed by atoms with van der Waals surface area (Å²) in [5.41, 5.74) is 1.45. The summed E-state index contributed by atoms with van der Waals surface area (Å²) in [6, 6.07) is 4.50. The highest BCUT2D eigenvalue weighted by molar-refractivity contribution is 9.10. The number of aromatic carboxylic acids is 1. The monoisotopic (exact) mass is 270 g/mol. The van der Waals surface area contributed by atoms with Crippen LogP contribution in [0.4, 0.5) is 0 Å². The Morgan fingerprint density at radius 2 is 2.00 bits per heavy atom. The first kappa shape index (κ1) is 11.9. The molecule has 0 aliphatic rings. The lowest BCUT2D eigenvalue weighted by Crippen LogP contribution is -2.12. The zero-order chi connectivity index (χ0) is 11.6. The quantitative estimate of drug-likeness (QED) is 0.679. The number of benzene rings is 1. The fraction of sp³-hybridized carbons (Fsp3) is 0.273. The molecule has 0 fully saturated rings. The van der Waals surface area contributed by atoms with Gasteiger partial charge in [-0.05, 0) is 31.5 Å². The molecule has 1 aromatic carbocycles. The van der Waals surface area contributed by atoms with E-state index in [-0.39, 0.29) is 16.2 Å². The summed E-state index contributed by atoms with van der Waals surface area (Å²) in [5, 5.41) is 8.75. The maximum absolute atomic E-state index is 11.7. The van der Waals surface area contributed by atoms with Crippen LogP contribution in [0, 0.1) is 6.92 Å². The standard InChI is InChI=1S/C11H11BrO3/c1-6-5-8(11(14)15)3-4-9(6)10(13)7(2)12/h3-5,7H,1-2H3,(H,14,15). The molecule has 0 heterocycles. The highest BCUT2D eigenvalue weighted by Gasteiger charge is 2.15. The predicted octanol–water partition coefficient (Wildman–Crippen LogP) is 2.66. The summed E-state index contributed by atoms with van der Waals surface area (Å²) in [6.45, 7) is 3.47. The number of Topliss-reactive ketones (excluding diaryl/α,β-unsaturated/α-hetero) is 1. The predicted molar refractivity (Wildman–Crippen MR) is 60.9 cm³/mol. The van der Waals surface area contributed by atoms with Gasteiger partial charge in [-0.15, -0.1) is 0 Å². The van der Waals surface area contributed by atoms with Gasteiger partial charge in [0.1, 0.15) is 0 Å². The molecule has 0 aliphatic heterocycles. The van der Waals surface area contributed by atoms with E-state index in [4.69, 9.17) is 5.11 Å². The van der Waals surface area contributed by atoms with Crippen LogP contribution in [0.5, 0.6) is 0 Å². The SMILES string of the molecule is Cc1cc(C(=O)O)ccc1C(=O)C(C)Br. The molecule has 0 radical (unpaired) electrons. The molecule has 0 spiro atoms. The van der Waals surface area contributed by atoms with Crippen molar-refractivity contribution in [3.8, 4) is 0 Å². The summed E-state index contributed by atoms with van der Waals surface area (Å²) in [7, 11) is 0. The Balaban J connectivity index is 3.14. The fourth-order valence-electron chi connectivity index (χ4n) is 1.29. The molecule has 1 unspecified atom stereocenters. The molecule has 4 heteroatoms. The van der Waals surface area contributed by atoms with Gasteiger partial charge >= 0.3 is 5.97 Å². The number of alkyl halides is 1. The molecular formula is C11H11BrO3. The Hall–Kier alpha value is -1.16. The smallest absolute Gasteiger partial charge is 0.335 e. The van der Waals surface area contributed by atoms with E-state index in [0.29, 0.717) is 11.1 Å². The third kappa shape index (κ3) is 2.65. The summed E-state index contributed by atoms with van der Waals surface area (Å²) >= 11 is 3.19. The van der Waals surface area contributed by atoms with Crippen molar-refractivity contribution < 1.29 is 14.7 Å². The Labute approximate surface area is 96.2 Å². The van der Waals surface area contributed by atoms with E-state index in [2.05, 4.69) is 15.9 Å². The van der Waals surface area contributed by atoms with Gasteiger partial charge in [0.05, 0.1) is 10.4 Å². The van der Waals surface area contributed by atoms with Crippen molar-refractivity contribution in [2.24, 2.45) is 0 Å². The number of ketones is 1. The molecule has 0 amide bonds. The number of carboxylic acid groups (broad SMARTS) is 1. The molecule has 1 rings (SSSR count). The zero-order valence-corrected chi connectivity index (χ0v) is 10.0. The number of aryl methyl sites for hydroxylation is 1. The van der Waals surface area contributed by atoms with Crippen LogP contribution in [-0.2, 0) is 0 Å². The summed E-state index contributed by atoms with van der Waals surface area (Å²) < 4.78 is 0. The molecule has 1 N–H and O–H groups in total. The maximum atomic E-state index is 11.7. The van der Waals surface area contributed by atoms with E-state index in [1.165, 1.54) is 12.1 Å². The molecule has 1 aromatic rings. The lowest BCUT2D eigenvalue weighted by atomic mass is 10.0. The average molecular weight is 271 g/mol. The van der Waals surface area contributed by atoms with Crippen LogP contribution in [0.1, 0.15) is 33.2 Å². The summed E-state index contributed by atoms with van der Waals surface area (Å²) in [5.74, 6) is -1.02. The number of carbonyl (C=O) groups is 2. The highest BCUT2D eigenvalue weighted by Crippen LogP contribution is 2.16. The van der Waals surface area contributed by atoms with Gasteiger partial charge in [-0.2, -0.15) is 0 Å². The first-order valence-electron chi connectivity index (χ1n) is 4.45. The van der Waals surface area contributed by atoms with E-state index in [0.717, 1.165) is 0 Å². The van der Waals surface area contributed by atoms with Crippen LogP contribution in [0.3, 0.4) is 0 Å². The topological polar surface area (TPSA) is 54.4 Å². The number of carboxylic acids is 1. The van der Waals surface area contributed by atoms with Crippen LogP contribution in [0.25, 0.3) is 0 Å². The zero-order valence-electron chi connectivity index (χ0n) is 8.45. The van der Waals surface area contributed by atoms with Crippen LogP contribution in [0.15, 0.2) is 18.2 Å². The first-order chi connectivity index (χ1) is 6.93. The molecule has 0 aliphatic carbocycles. The van der Waals surface area contributed by atoms with Gasteiger partial charge in [0, 0.05) is 5.56 Å². The second-order valence-corrected chi connectivity index (χ2v) is 4.69. The van der Waals surface area contributed by atoms with Crippen LogP contribution >= 0.6 is 15.9 Å². The van der Waals surface area contributed by atoms with E-state index in [9.17, 15) is 9.59 Å². The van der Waals surface area contributed by atoms with E-state index in [1.807, 2.05) is 0 Å². The third-order valence-electron chi connectivity index (χ3n) is 2.10. The van der Waals surface area contributed by atoms with Gasteiger partial charge in [-0.3, -0.25) is 4.79 Å². The summed E-state index contributed by atoms with van der Waals surface area (Å²) in [4.78, 5) is 22.1. The highest BCUT2D eigenvalue weighted by atomic mass is 79.9. The second-order valence-electron chi connectivity index (χ2n) is 3.32. The molecule has 0 bridgehead atoms.